The fourth-order valence-corrected chi connectivity index (χ4v) is 1.92. The molecule has 1 aromatic heterocycles. The Kier molecular flexibility index (Phi) is 3.95. The van der Waals surface area contributed by atoms with Crippen LogP contribution >= 0.6 is 15.9 Å². The molecule has 0 radical (unpaired) electrons. The van der Waals surface area contributed by atoms with Gasteiger partial charge in [0.2, 0.25) is 5.82 Å². The predicted octanol–water partition coefficient (Wildman–Crippen LogP) is 2.74. The molecule has 0 fully saturated rings. The fourth-order valence-electron chi connectivity index (χ4n) is 1.48. The summed E-state index contributed by atoms with van der Waals surface area (Å²) in [5.41, 5.74) is 0. The third-order valence-electron chi connectivity index (χ3n) is 2.25. The predicted molar refractivity (Wildman–Crippen MR) is 66.5 cm³/mol. The molecule has 0 bridgehead atoms. The van der Waals surface area contributed by atoms with E-state index >= 15 is 0 Å². The van der Waals surface area contributed by atoms with Crippen LogP contribution in [0.1, 0.15) is 5.82 Å². The van der Waals surface area contributed by atoms with Crippen molar-refractivity contribution in [1.82, 2.24) is 9.55 Å². The monoisotopic (exact) mass is 309 g/mol. The van der Waals surface area contributed by atoms with Gasteiger partial charge in [-0.2, -0.15) is 5.26 Å². The Labute approximate surface area is 112 Å². The maximum atomic E-state index is 13.1. The van der Waals surface area contributed by atoms with Crippen LogP contribution in [0.2, 0.25) is 0 Å². The van der Waals surface area contributed by atoms with E-state index in [9.17, 15) is 4.39 Å². The summed E-state index contributed by atoms with van der Waals surface area (Å²) in [5.74, 6) is 0.416. The third-order valence-corrected chi connectivity index (χ3v) is 2.71. The molecular weight excluding hydrogens is 301 g/mol. The van der Waals surface area contributed by atoms with Gasteiger partial charge >= 0.3 is 0 Å². The lowest BCUT2D eigenvalue weighted by Gasteiger charge is -2.07. The Morgan fingerprint density at radius 3 is 3.00 bits per heavy atom. The van der Waals surface area contributed by atoms with E-state index in [4.69, 9.17) is 10.00 Å². The highest BCUT2D eigenvalue weighted by Crippen LogP contribution is 2.20. The highest BCUT2D eigenvalue weighted by molar-refractivity contribution is 9.10. The molecule has 0 unspecified atom stereocenters. The van der Waals surface area contributed by atoms with Crippen LogP contribution in [0.15, 0.2) is 35.1 Å². The van der Waals surface area contributed by atoms with Gasteiger partial charge in [-0.25, -0.2) is 9.37 Å². The van der Waals surface area contributed by atoms with Crippen molar-refractivity contribution in [2.45, 2.75) is 6.54 Å². The topological polar surface area (TPSA) is 50.8 Å². The summed E-state index contributed by atoms with van der Waals surface area (Å²) in [5, 5.41) is 8.77. The van der Waals surface area contributed by atoms with E-state index in [1.165, 1.54) is 12.1 Å². The Balaban J connectivity index is 1.95. The van der Waals surface area contributed by atoms with Gasteiger partial charge in [0, 0.05) is 22.9 Å². The second-order valence-electron chi connectivity index (χ2n) is 3.51. The summed E-state index contributed by atoms with van der Waals surface area (Å²) >= 11 is 3.19. The quantitative estimate of drug-likeness (QED) is 0.872. The maximum absolute atomic E-state index is 13.1. The first kappa shape index (κ1) is 12.6. The van der Waals surface area contributed by atoms with Crippen LogP contribution in [0, 0.1) is 17.1 Å². The number of hydrogen-bond donors (Lipinski definition) is 0. The summed E-state index contributed by atoms with van der Waals surface area (Å²) in [6.07, 6.45) is 3.25. The zero-order valence-electron chi connectivity index (χ0n) is 9.31. The van der Waals surface area contributed by atoms with Gasteiger partial charge in [0.05, 0.1) is 6.54 Å². The molecule has 1 aromatic carbocycles. The van der Waals surface area contributed by atoms with Gasteiger partial charge in [0.15, 0.2) is 0 Å². The Bertz CT molecular complexity index is 571. The number of benzene rings is 1. The van der Waals surface area contributed by atoms with Crippen LogP contribution in [0.3, 0.4) is 0 Å². The minimum Gasteiger partial charge on any atom is -0.492 e. The molecule has 0 saturated heterocycles. The smallest absolute Gasteiger partial charge is 0.212 e. The van der Waals surface area contributed by atoms with Crippen molar-refractivity contribution in [3.63, 3.8) is 0 Å². The van der Waals surface area contributed by atoms with E-state index in [1.54, 1.807) is 23.0 Å². The molecule has 92 valence electrons. The molecule has 0 atom stereocenters. The molecule has 2 rings (SSSR count). The van der Waals surface area contributed by atoms with Gasteiger partial charge < -0.3 is 9.30 Å². The summed E-state index contributed by atoms with van der Waals surface area (Å²) < 4.78 is 20.8. The highest BCUT2D eigenvalue weighted by atomic mass is 79.9. The van der Waals surface area contributed by atoms with Crippen molar-refractivity contribution in [2.24, 2.45) is 0 Å². The fraction of sp³-hybridized carbons (Fsp3) is 0.167. The van der Waals surface area contributed by atoms with Crippen molar-refractivity contribution >= 4 is 15.9 Å². The van der Waals surface area contributed by atoms with Crippen molar-refractivity contribution < 1.29 is 9.13 Å². The SMILES string of the molecule is N#Cc1nccn1CCOc1cc(F)cc(Br)c1. The van der Waals surface area contributed by atoms with Crippen molar-refractivity contribution in [2.75, 3.05) is 6.61 Å². The first-order valence-corrected chi connectivity index (χ1v) is 5.98. The van der Waals surface area contributed by atoms with Gasteiger partial charge in [0.25, 0.3) is 0 Å². The highest BCUT2D eigenvalue weighted by Gasteiger charge is 2.03. The molecule has 0 aliphatic rings. The van der Waals surface area contributed by atoms with Crippen LogP contribution in [0.25, 0.3) is 0 Å². The second kappa shape index (κ2) is 5.65. The third kappa shape index (κ3) is 3.08. The number of halogens is 2. The van der Waals surface area contributed by atoms with Crippen LogP contribution in [0.4, 0.5) is 4.39 Å². The van der Waals surface area contributed by atoms with E-state index in [2.05, 4.69) is 20.9 Å². The maximum Gasteiger partial charge on any atom is 0.212 e. The lowest BCUT2D eigenvalue weighted by atomic mass is 10.3. The van der Waals surface area contributed by atoms with Crippen molar-refractivity contribution in [3.8, 4) is 11.8 Å². The Morgan fingerprint density at radius 2 is 2.28 bits per heavy atom. The molecular formula is C12H9BrFN3O. The minimum atomic E-state index is -0.361. The Morgan fingerprint density at radius 1 is 1.44 bits per heavy atom. The number of ether oxygens (including phenoxy) is 1. The average Bonchev–Trinajstić information content (AvgIpc) is 2.75. The van der Waals surface area contributed by atoms with Crippen LogP contribution < -0.4 is 4.74 Å². The standard InChI is InChI=1S/C12H9BrFN3O/c13-9-5-10(14)7-11(6-9)18-4-3-17-2-1-16-12(17)8-15/h1-2,5-7H,3-4H2. The van der Waals surface area contributed by atoms with Gasteiger partial charge in [0.1, 0.15) is 24.2 Å². The lowest BCUT2D eigenvalue weighted by Crippen LogP contribution is -2.09. The Hall–Kier alpha value is -1.87. The molecule has 18 heavy (non-hydrogen) atoms. The number of nitrogens with zero attached hydrogens (tertiary/aromatic N) is 3. The zero-order valence-corrected chi connectivity index (χ0v) is 10.9. The zero-order chi connectivity index (χ0) is 13.0. The first-order valence-electron chi connectivity index (χ1n) is 5.19. The minimum absolute atomic E-state index is 0.332. The molecule has 4 nitrogen and oxygen atoms in total. The summed E-state index contributed by atoms with van der Waals surface area (Å²) in [7, 11) is 0. The van der Waals surface area contributed by atoms with E-state index < -0.39 is 0 Å². The molecule has 0 saturated carbocycles. The van der Waals surface area contributed by atoms with Gasteiger partial charge in [-0.05, 0) is 12.1 Å². The molecule has 0 aliphatic heterocycles. The van der Waals surface area contributed by atoms with E-state index in [1.807, 2.05) is 6.07 Å². The molecule has 6 heteroatoms. The number of imidazole rings is 1. The van der Waals surface area contributed by atoms with Crippen molar-refractivity contribution in [3.05, 3.63) is 46.7 Å². The average molecular weight is 310 g/mol. The van der Waals surface area contributed by atoms with E-state index in [-0.39, 0.29) is 5.82 Å². The molecule has 1 heterocycles. The largest absolute Gasteiger partial charge is 0.492 e. The van der Waals surface area contributed by atoms with Crippen LogP contribution in [-0.2, 0) is 6.54 Å². The summed E-state index contributed by atoms with van der Waals surface area (Å²) in [4.78, 5) is 3.87. The van der Waals surface area contributed by atoms with Gasteiger partial charge in [-0.3, -0.25) is 0 Å². The number of hydrogen-bond acceptors (Lipinski definition) is 3. The molecule has 0 spiro atoms. The van der Waals surface area contributed by atoms with E-state index in [0.29, 0.717) is 29.2 Å². The number of rotatable bonds is 4. The van der Waals surface area contributed by atoms with E-state index in [0.717, 1.165) is 0 Å². The van der Waals surface area contributed by atoms with Crippen LogP contribution in [0.5, 0.6) is 5.75 Å². The molecule has 2 aromatic rings. The molecule has 0 aliphatic carbocycles. The van der Waals surface area contributed by atoms with Gasteiger partial charge in [-0.15, -0.1) is 0 Å². The first-order chi connectivity index (χ1) is 8.69. The summed E-state index contributed by atoms with van der Waals surface area (Å²) in [6, 6.07) is 6.32. The number of nitriles is 1. The number of aromatic nitrogens is 2. The second-order valence-corrected chi connectivity index (χ2v) is 4.43. The molecule has 0 amide bonds. The normalized spacial score (nSPS) is 10.1. The summed E-state index contributed by atoms with van der Waals surface area (Å²) in [6.45, 7) is 0.817. The van der Waals surface area contributed by atoms with Gasteiger partial charge in [-0.1, -0.05) is 15.9 Å². The lowest BCUT2D eigenvalue weighted by molar-refractivity contribution is 0.296. The molecule has 0 N–H and O–H groups in total. The van der Waals surface area contributed by atoms with Crippen LogP contribution in [-0.4, -0.2) is 16.2 Å². The van der Waals surface area contributed by atoms with Crippen molar-refractivity contribution in [1.29, 1.82) is 5.26 Å².